The average Bonchev–Trinajstić information content (AvgIpc) is 2.91. The van der Waals surface area contributed by atoms with Crippen LogP contribution in [0.1, 0.15) is 12.8 Å². The van der Waals surface area contributed by atoms with E-state index in [9.17, 15) is 9.18 Å². The molecule has 0 bridgehead atoms. The Morgan fingerprint density at radius 1 is 1.32 bits per heavy atom. The summed E-state index contributed by atoms with van der Waals surface area (Å²) in [6.07, 6.45) is 0.778. The zero-order chi connectivity index (χ0) is 15.5. The molecule has 6 nitrogen and oxygen atoms in total. The molecule has 0 unspecified atom stereocenters. The highest BCUT2D eigenvalue weighted by atomic mass is 32.2. The second-order valence-corrected chi connectivity index (χ2v) is 5.96. The van der Waals surface area contributed by atoms with Gasteiger partial charge >= 0.3 is 5.97 Å². The van der Waals surface area contributed by atoms with Gasteiger partial charge in [-0.15, -0.1) is 10.2 Å². The van der Waals surface area contributed by atoms with Crippen molar-refractivity contribution in [1.82, 2.24) is 19.7 Å². The predicted octanol–water partition coefficient (Wildman–Crippen LogP) is 2.27. The second-order valence-electron chi connectivity index (χ2n) is 5.05. The first-order valence-electron chi connectivity index (χ1n) is 6.89. The first kappa shape index (κ1) is 15.0. The van der Waals surface area contributed by atoms with Crippen molar-refractivity contribution < 1.29 is 14.3 Å². The molecular formula is C14H15FN4O2S. The van der Waals surface area contributed by atoms with Crippen molar-refractivity contribution in [3.05, 3.63) is 30.1 Å². The quantitative estimate of drug-likeness (QED) is 0.910. The summed E-state index contributed by atoms with van der Waals surface area (Å²) in [5.74, 6) is 0.403. The van der Waals surface area contributed by atoms with E-state index in [0.717, 1.165) is 16.6 Å². The van der Waals surface area contributed by atoms with Gasteiger partial charge in [0.15, 0.2) is 11.0 Å². The van der Waals surface area contributed by atoms with E-state index in [4.69, 9.17) is 5.11 Å². The minimum atomic E-state index is -0.776. The maximum absolute atomic E-state index is 13.0. The largest absolute Gasteiger partial charge is 0.481 e. The van der Waals surface area contributed by atoms with E-state index in [1.54, 1.807) is 23.9 Å². The highest BCUT2D eigenvalue weighted by molar-refractivity contribution is 7.99. The van der Waals surface area contributed by atoms with Crippen molar-refractivity contribution in [3.8, 4) is 11.4 Å². The third-order valence-electron chi connectivity index (χ3n) is 3.40. The van der Waals surface area contributed by atoms with Gasteiger partial charge in [-0.2, -0.15) is 0 Å². The van der Waals surface area contributed by atoms with Crippen molar-refractivity contribution in [1.29, 1.82) is 0 Å². The fourth-order valence-electron chi connectivity index (χ4n) is 2.31. The van der Waals surface area contributed by atoms with Crippen molar-refractivity contribution in [2.24, 2.45) is 0 Å². The van der Waals surface area contributed by atoms with Crippen LogP contribution in [0.25, 0.3) is 11.4 Å². The van der Waals surface area contributed by atoms with E-state index < -0.39 is 5.97 Å². The minimum Gasteiger partial charge on any atom is -0.481 e. The van der Waals surface area contributed by atoms with E-state index in [1.807, 2.05) is 4.57 Å². The van der Waals surface area contributed by atoms with Gasteiger partial charge in [0.25, 0.3) is 0 Å². The average molecular weight is 322 g/mol. The molecule has 1 aromatic heterocycles. The molecule has 0 spiro atoms. The number of carbonyl (C=O) groups is 1. The Morgan fingerprint density at radius 3 is 2.82 bits per heavy atom. The minimum absolute atomic E-state index is 0.168. The normalized spacial score (nSPS) is 14.8. The standard InChI is InChI=1S/C14H15FN4O2S/c15-11-5-3-10(4-6-11)13-16-17-14-19(13)8-18(9-22-14)7-1-2-12(20)21/h3-6H,1-2,7-9H2,(H,20,21). The molecule has 0 aliphatic carbocycles. The summed E-state index contributed by atoms with van der Waals surface area (Å²) >= 11 is 1.57. The zero-order valence-electron chi connectivity index (χ0n) is 11.8. The van der Waals surface area contributed by atoms with Gasteiger partial charge in [0.2, 0.25) is 0 Å². The maximum atomic E-state index is 13.0. The lowest BCUT2D eigenvalue weighted by atomic mass is 10.2. The molecule has 0 amide bonds. The summed E-state index contributed by atoms with van der Waals surface area (Å²) in [5.41, 5.74) is 0.813. The third-order valence-corrected chi connectivity index (χ3v) is 4.46. The predicted molar refractivity (Wildman–Crippen MR) is 79.7 cm³/mol. The van der Waals surface area contributed by atoms with Crippen molar-refractivity contribution in [2.75, 3.05) is 12.4 Å². The highest BCUT2D eigenvalue weighted by Gasteiger charge is 2.22. The number of carboxylic acids is 1. The molecule has 0 fully saturated rings. The summed E-state index contributed by atoms with van der Waals surface area (Å²) in [4.78, 5) is 12.7. The summed E-state index contributed by atoms with van der Waals surface area (Å²) in [7, 11) is 0. The van der Waals surface area contributed by atoms with Gasteiger partial charge in [0, 0.05) is 18.5 Å². The molecule has 1 N–H and O–H groups in total. The summed E-state index contributed by atoms with van der Waals surface area (Å²) in [5, 5.41) is 17.9. The number of hydrogen-bond acceptors (Lipinski definition) is 5. The summed E-state index contributed by atoms with van der Waals surface area (Å²) < 4.78 is 15.0. The molecule has 3 rings (SSSR count). The first-order valence-corrected chi connectivity index (χ1v) is 7.88. The summed E-state index contributed by atoms with van der Waals surface area (Å²) in [6.45, 7) is 1.32. The molecule has 1 aliphatic rings. The third kappa shape index (κ3) is 3.28. The Kier molecular flexibility index (Phi) is 4.39. The van der Waals surface area contributed by atoms with E-state index >= 15 is 0 Å². The number of aromatic nitrogens is 3. The van der Waals surface area contributed by atoms with Gasteiger partial charge in [-0.25, -0.2) is 4.39 Å². The van der Waals surface area contributed by atoms with Crippen molar-refractivity contribution >= 4 is 17.7 Å². The lowest BCUT2D eigenvalue weighted by molar-refractivity contribution is -0.137. The van der Waals surface area contributed by atoms with Crippen LogP contribution in [-0.2, 0) is 11.5 Å². The SMILES string of the molecule is O=C(O)CCCN1CSc2nnc(-c3ccc(F)cc3)n2C1. The Hall–Kier alpha value is -1.93. The maximum Gasteiger partial charge on any atom is 0.303 e. The van der Waals surface area contributed by atoms with Gasteiger partial charge < -0.3 is 5.11 Å². The second kappa shape index (κ2) is 6.45. The number of carboxylic acid groups (broad SMARTS) is 1. The Labute approximate surface area is 131 Å². The first-order chi connectivity index (χ1) is 10.6. The molecule has 1 aliphatic heterocycles. The fraction of sp³-hybridized carbons (Fsp3) is 0.357. The molecule has 0 radical (unpaired) electrons. The molecular weight excluding hydrogens is 307 g/mol. The number of halogens is 1. The number of nitrogens with zero attached hydrogens (tertiary/aromatic N) is 4. The molecule has 0 atom stereocenters. The monoisotopic (exact) mass is 322 g/mol. The molecule has 0 saturated carbocycles. The lowest BCUT2D eigenvalue weighted by Crippen LogP contribution is -2.31. The van der Waals surface area contributed by atoms with Crippen LogP contribution in [0.5, 0.6) is 0 Å². The van der Waals surface area contributed by atoms with Crippen LogP contribution < -0.4 is 0 Å². The van der Waals surface area contributed by atoms with Crippen LogP contribution in [0.15, 0.2) is 29.4 Å². The Bertz CT molecular complexity index is 674. The lowest BCUT2D eigenvalue weighted by Gasteiger charge is -2.27. The van der Waals surface area contributed by atoms with E-state index in [2.05, 4.69) is 15.1 Å². The number of thioether (sulfide) groups is 1. The van der Waals surface area contributed by atoms with Gasteiger partial charge in [-0.1, -0.05) is 11.8 Å². The van der Waals surface area contributed by atoms with Gasteiger partial charge in [-0.3, -0.25) is 14.3 Å². The molecule has 8 heteroatoms. The van der Waals surface area contributed by atoms with Gasteiger partial charge in [0.05, 0.1) is 12.5 Å². The Morgan fingerprint density at radius 2 is 2.09 bits per heavy atom. The van der Waals surface area contributed by atoms with Crippen molar-refractivity contribution in [3.63, 3.8) is 0 Å². The van der Waals surface area contributed by atoms with Crippen LogP contribution in [-0.4, -0.2) is 43.2 Å². The molecule has 2 aromatic rings. The smallest absolute Gasteiger partial charge is 0.303 e. The van der Waals surface area contributed by atoms with Crippen LogP contribution in [0.2, 0.25) is 0 Å². The van der Waals surface area contributed by atoms with Crippen molar-refractivity contribution in [2.45, 2.75) is 24.7 Å². The number of fused-ring (bicyclic) bond motifs is 1. The van der Waals surface area contributed by atoms with E-state index in [-0.39, 0.29) is 12.2 Å². The molecule has 0 saturated heterocycles. The Balaban J connectivity index is 1.74. The zero-order valence-corrected chi connectivity index (χ0v) is 12.6. The number of hydrogen-bond donors (Lipinski definition) is 1. The molecule has 2 heterocycles. The molecule has 1 aromatic carbocycles. The van der Waals surface area contributed by atoms with Crippen LogP contribution in [0, 0.1) is 5.82 Å². The summed E-state index contributed by atoms with van der Waals surface area (Å²) in [6, 6.07) is 6.16. The van der Waals surface area contributed by atoms with E-state index in [0.29, 0.717) is 25.5 Å². The van der Waals surface area contributed by atoms with Gasteiger partial charge in [0.1, 0.15) is 5.82 Å². The fourth-order valence-corrected chi connectivity index (χ4v) is 3.22. The molecule has 22 heavy (non-hydrogen) atoms. The van der Waals surface area contributed by atoms with E-state index in [1.165, 1.54) is 12.1 Å². The van der Waals surface area contributed by atoms with Crippen LogP contribution >= 0.6 is 11.8 Å². The highest BCUT2D eigenvalue weighted by Crippen LogP contribution is 2.28. The topological polar surface area (TPSA) is 71.2 Å². The number of benzene rings is 1. The number of rotatable bonds is 5. The number of aliphatic carboxylic acids is 1. The van der Waals surface area contributed by atoms with Gasteiger partial charge in [-0.05, 0) is 30.7 Å². The van der Waals surface area contributed by atoms with Crippen LogP contribution in [0.3, 0.4) is 0 Å². The van der Waals surface area contributed by atoms with Crippen LogP contribution in [0.4, 0.5) is 4.39 Å². The molecule has 116 valence electrons.